The molecule has 3 nitrogen and oxygen atoms in total. The predicted octanol–water partition coefficient (Wildman–Crippen LogP) is 7.07. The van der Waals surface area contributed by atoms with Crippen molar-refractivity contribution in [3.8, 4) is 11.4 Å². The number of imidazole rings is 1. The van der Waals surface area contributed by atoms with Crippen molar-refractivity contribution in [1.82, 2.24) is 14.4 Å². The van der Waals surface area contributed by atoms with E-state index in [4.69, 9.17) is 9.97 Å². The van der Waals surface area contributed by atoms with Crippen LogP contribution in [-0.2, 0) is 0 Å². The molecule has 0 aliphatic rings. The molecule has 0 amide bonds. The second kappa shape index (κ2) is 5.88. The zero-order chi connectivity index (χ0) is 19.7. The molecular weight excluding hydrogens is 386 g/mol. The highest BCUT2D eigenvalue weighted by atomic mass is 32.1. The lowest BCUT2D eigenvalue weighted by molar-refractivity contribution is 1.16. The standard InChI is InChI=1S/C26H15N3S/c1-3-9-20-18(8-1)26-28-21-10-4-5-11-22(21)29(26)25(27-20)16-13-14-24-19(15-16)17-7-2-6-12-23(17)30-24/h1-15H. The minimum atomic E-state index is 0.926. The number of benzene rings is 4. The maximum atomic E-state index is 5.09. The summed E-state index contributed by atoms with van der Waals surface area (Å²) < 4.78 is 4.81. The van der Waals surface area contributed by atoms with E-state index in [1.54, 1.807) is 0 Å². The smallest absolute Gasteiger partial charge is 0.149 e. The van der Waals surface area contributed by atoms with E-state index in [-0.39, 0.29) is 0 Å². The van der Waals surface area contributed by atoms with Crippen molar-refractivity contribution < 1.29 is 0 Å². The zero-order valence-electron chi connectivity index (χ0n) is 15.9. The number of hydrogen-bond acceptors (Lipinski definition) is 3. The Morgan fingerprint density at radius 2 is 1.33 bits per heavy atom. The van der Waals surface area contributed by atoms with Gasteiger partial charge in [-0.3, -0.25) is 4.40 Å². The van der Waals surface area contributed by atoms with Gasteiger partial charge >= 0.3 is 0 Å². The highest BCUT2D eigenvalue weighted by Crippen LogP contribution is 2.37. The summed E-state index contributed by atoms with van der Waals surface area (Å²) in [5.41, 5.74) is 5.08. The molecule has 0 radical (unpaired) electrons. The second-order valence-electron chi connectivity index (χ2n) is 7.52. The number of nitrogens with zero attached hydrogens (tertiary/aromatic N) is 3. The molecule has 7 aromatic rings. The van der Waals surface area contributed by atoms with Crippen LogP contribution in [-0.4, -0.2) is 14.4 Å². The van der Waals surface area contributed by atoms with Gasteiger partial charge in [-0.05, 0) is 48.5 Å². The second-order valence-corrected chi connectivity index (χ2v) is 8.61. The van der Waals surface area contributed by atoms with Gasteiger partial charge in [0, 0.05) is 31.1 Å². The van der Waals surface area contributed by atoms with Gasteiger partial charge < -0.3 is 0 Å². The summed E-state index contributed by atoms with van der Waals surface area (Å²) in [7, 11) is 0. The molecule has 0 saturated carbocycles. The molecule has 4 heteroatoms. The Bertz CT molecular complexity index is 1760. The van der Waals surface area contributed by atoms with E-state index in [1.807, 2.05) is 29.5 Å². The topological polar surface area (TPSA) is 30.2 Å². The van der Waals surface area contributed by atoms with Crippen LogP contribution in [0.4, 0.5) is 0 Å². The molecule has 4 aromatic carbocycles. The average Bonchev–Trinajstić information content (AvgIpc) is 3.37. The maximum absolute atomic E-state index is 5.09. The fraction of sp³-hybridized carbons (Fsp3) is 0. The van der Waals surface area contributed by atoms with E-state index in [1.165, 1.54) is 20.2 Å². The molecule has 3 aromatic heterocycles. The number of para-hydroxylation sites is 3. The molecule has 0 bridgehead atoms. The number of rotatable bonds is 1. The molecule has 0 fully saturated rings. The summed E-state index contributed by atoms with van der Waals surface area (Å²) in [6.45, 7) is 0. The molecule has 0 aliphatic heterocycles. The van der Waals surface area contributed by atoms with Crippen molar-refractivity contribution >= 4 is 59.1 Å². The van der Waals surface area contributed by atoms with Crippen LogP contribution in [0.15, 0.2) is 91.0 Å². The maximum Gasteiger partial charge on any atom is 0.149 e. The Morgan fingerprint density at radius 1 is 0.600 bits per heavy atom. The Hall–Kier alpha value is -3.76. The van der Waals surface area contributed by atoms with E-state index < -0.39 is 0 Å². The third kappa shape index (κ3) is 2.14. The molecule has 0 unspecified atom stereocenters. The SMILES string of the molecule is c1ccc2c(c1)nc(-c1ccc3sc4ccccc4c3c1)n1c3ccccc3nc21. The van der Waals surface area contributed by atoms with E-state index in [9.17, 15) is 0 Å². The first-order chi connectivity index (χ1) is 14.9. The molecule has 140 valence electrons. The lowest BCUT2D eigenvalue weighted by Crippen LogP contribution is -1.97. The Labute approximate surface area is 175 Å². The van der Waals surface area contributed by atoms with Gasteiger partial charge in [-0.15, -0.1) is 11.3 Å². The van der Waals surface area contributed by atoms with Crippen LogP contribution in [0, 0.1) is 0 Å². The number of aromatic nitrogens is 3. The number of thiophene rings is 1. The molecule has 0 spiro atoms. The first kappa shape index (κ1) is 16.1. The first-order valence-corrected chi connectivity index (χ1v) is 10.8. The predicted molar refractivity (Wildman–Crippen MR) is 126 cm³/mol. The van der Waals surface area contributed by atoms with Crippen molar-refractivity contribution in [1.29, 1.82) is 0 Å². The van der Waals surface area contributed by atoms with Gasteiger partial charge in [-0.2, -0.15) is 0 Å². The molecule has 0 aliphatic carbocycles. The summed E-state index contributed by atoms with van der Waals surface area (Å²) in [6.07, 6.45) is 0. The molecular formula is C26H15N3S. The molecule has 0 N–H and O–H groups in total. The van der Waals surface area contributed by atoms with E-state index in [0.717, 1.165) is 39.0 Å². The minimum Gasteiger partial charge on any atom is -0.276 e. The summed E-state index contributed by atoms with van der Waals surface area (Å²) in [5, 5.41) is 3.65. The van der Waals surface area contributed by atoms with Crippen LogP contribution in [0.3, 0.4) is 0 Å². The summed E-state index contributed by atoms with van der Waals surface area (Å²) in [4.78, 5) is 10.1. The third-order valence-electron chi connectivity index (χ3n) is 5.78. The Kier molecular flexibility index (Phi) is 3.15. The molecule has 3 heterocycles. The Morgan fingerprint density at radius 3 is 2.27 bits per heavy atom. The highest BCUT2D eigenvalue weighted by molar-refractivity contribution is 7.25. The first-order valence-electron chi connectivity index (χ1n) is 9.94. The molecule has 0 saturated heterocycles. The largest absolute Gasteiger partial charge is 0.276 e. The zero-order valence-corrected chi connectivity index (χ0v) is 16.7. The molecule has 30 heavy (non-hydrogen) atoms. The fourth-order valence-electron chi connectivity index (χ4n) is 4.40. The van der Waals surface area contributed by atoms with Gasteiger partial charge in [0.15, 0.2) is 0 Å². The van der Waals surface area contributed by atoms with Crippen LogP contribution >= 0.6 is 11.3 Å². The van der Waals surface area contributed by atoms with Gasteiger partial charge in [0.25, 0.3) is 0 Å². The van der Waals surface area contributed by atoms with Crippen molar-refractivity contribution in [2.45, 2.75) is 0 Å². The van der Waals surface area contributed by atoms with Crippen molar-refractivity contribution in [3.05, 3.63) is 91.0 Å². The van der Waals surface area contributed by atoms with Gasteiger partial charge in [0.1, 0.15) is 11.5 Å². The van der Waals surface area contributed by atoms with Crippen LogP contribution in [0.5, 0.6) is 0 Å². The van der Waals surface area contributed by atoms with Crippen LogP contribution in [0.1, 0.15) is 0 Å². The Balaban J connectivity index is 1.65. The third-order valence-corrected chi connectivity index (χ3v) is 6.93. The molecule has 7 rings (SSSR count). The monoisotopic (exact) mass is 401 g/mol. The fourth-order valence-corrected chi connectivity index (χ4v) is 5.49. The average molecular weight is 401 g/mol. The van der Waals surface area contributed by atoms with Gasteiger partial charge in [-0.25, -0.2) is 9.97 Å². The van der Waals surface area contributed by atoms with Crippen LogP contribution in [0.25, 0.3) is 59.1 Å². The van der Waals surface area contributed by atoms with Crippen LogP contribution in [0.2, 0.25) is 0 Å². The van der Waals surface area contributed by atoms with Crippen molar-refractivity contribution in [3.63, 3.8) is 0 Å². The highest BCUT2D eigenvalue weighted by Gasteiger charge is 2.16. The minimum absolute atomic E-state index is 0.926. The lowest BCUT2D eigenvalue weighted by atomic mass is 10.1. The van der Waals surface area contributed by atoms with Gasteiger partial charge in [0.2, 0.25) is 0 Å². The van der Waals surface area contributed by atoms with E-state index in [0.29, 0.717) is 0 Å². The summed E-state index contributed by atoms with van der Waals surface area (Å²) >= 11 is 1.84. The van der Waals surface area contributed by atoms with E-state index in [2.05, 4.69) is 77.2 Å². The lowest BCUT2D eigenvalue weighted by Gasteiger charge is -2.09. The van der Waals surface area contributed by atoms with Gasteiger partial charge in [0.05, 0.1) is 16.6 Å². The quantitative estimate of drug-likeness (QED) is 0.294. The van der Waals surface area contributed by atoms with Gasteiger partial charge in [-0.1, -0.05) is 42.5 Å². The van der Waals surface area contributed by atoms with Crippen LogP contribution < -0.4 is 0 Å². The number of fused-ring (bicyclic) bond motifs is 8. The summed E-state index contributed by atoms with van der Waals surface area (Å²) in [5.74, 6) is 0.926. The normalized spacial score (nSPS) is 12.0. The molecule has 0 atom stereocenters. The van der Waals surface area contributed by atoms with Crippen molar-refractivity contribution in [2.75, 3.05) is 0 Å². The number of hydrogen-bond donors (Lipinski definition) is 0. The van der Waals surface area contributed by atoms with Crippen molar-refractivity contribution in [2.24, 2.45) is 0 Å². The van der Waals surface area contributed by atoms with E-state index >= 15 is 0 Å². The summed E-state index contributed by atoms with van der Waals surface area (Å²) in [6, 6.07) is 31.8.